The number of nitrogen functional groups attached to an aromatic ring is 1. The topological polar surface area (TPSA) is 67.2 Å². The van der Waals surface area contributed by atoms with Gasteiger partial charge in [0.25, 0.3) is 5.91 Å². The fourth-order valence-electron chi connectivity index (χ4n) is 2.99. The van der Waals surface area contributed by atoms with Crippen LogP contribution in [0.5, 0.6) is 0 Å². The maximum Gasteiger partial charge on any atom is 0.252 e. The third kappa shape index (κ3) is 6.73. The van der Waals surface area contributed by atoms with Gasteiger partial charge in [-0.15, -0.1) is 0 Å². The number of amides is 1. The van der Waals surface area contributed by atoms with Gasteiger partial charge >= 0.3 is 0 Å². The zero-order valence-electron chi connectivity index (χ0n) is 15.7. The minimum atomic E-state index is -0.172. The van der Waals surface area contributed by atoms with E-state index >= 15 is 0 Å². The van der Waals surface area contributed by atoms with Gasteiger partial charge < -0.3 is 16.4 Å². The number of unbranched alkanes of at least 4 members (excludes halogenated alkanes) is 2. The number of rotatable bonds is 6. The van der Waals surface area contributed by atoms with Gasteiger partial charge in [0.1, 0.15) is 0 Å². The number of carbonyl (C=O) groups is 1. The van der Waals surface area contributed by atoms with Gasteiger partial charge in [0.15, 0.2) is 0 Å². The summed E-state index contributed by atoms with van der Waals surface area (Å²) in [5.41, 5.74) is 8.19. The predicted molar refractivity (Wildman–Crippen MR) is 109 cm³/mol. The zero-order chi connectivity index (χ0) is 18.6. The maximum absolute atomic E-state index is 12.2. The van der Waals surface area contributed by atoms with E-state index in [1.54, 1.807) is 12.1 Å². The monoisotopic (exact) mass is 351 g/mol. The van der Waals surface area contributed by atoms with Crippen LogP contribution in [-0.2, 0) is 0 Å². The highest BCUT2D eigenvalue weighted by Gasteiger charge is 2.14. The second-order valence-electron chi connectivity index (χ2n) is 6.67. The number of nitrogens with two attached hydrogens (primary N) is 1. The molecule has 4 nitrogen and oxygen atoms in total. The summed E-state index contributed by atoms with van der Waals surface area (Å²) in [7, 11) is 0. The first kappa shape index (κ1) is 19.7. The Bertz CT molecular complexity index is 712. The SMILES string of the molecule is CCCCC#CC#CCNC(=O)c1ccc(NC2CCCCC2)c(N)c1. The molecule has 0 spiro atoms. The number of benzene rings is 1. The number of hydrogen-bond donors (Lipinski definition) is 3. The van der Waals surface area contributed by atoms with E-state index in [2.05, 4.69) is 41.2 Å². The first-order chi connectivity index (χ1) is 12.7. The van der Waals surface area contributed by atoms with Crippen LogP contribution in [0.4, 0.5) is 11.4 Å². The van der Waals surface area contributed by atoms with Crippen LogP contribution in [0.1, 0.15) is 68.6 Å². The van der Waals surface area contributed by atoms with Crippen LogP contribution in [0.25, 0.3) is 0 Å². The van der Waals surface area contributed by atoms with E-state index in [0.717, 1.165) is 24.9 Å². The average Bonchev–Trinajstić information content (AvgIpc) is 2.66. The van der Waals surface area contributed by atoms with Gasteiger partial charge in [-0.1, -0.05) is 44.4 Å². The Hall–Kier alpha value is -2.59. The lowest BCUT2D eigenvalue weighted by Gasteiger charge is -2.24. The lowest BCUT2D eigenvalue weighted by atomic mass is 9.95. The Morgan fingerprint density at radius 3 is 2.69 bits per heavy atom. The van der Waals surface area contributed by atoms with E-state index in [0.29, 0.717) is 17.3 Å². The van der Waals surface area contributed by atoms with Gasteiger partial charge in [-0.05, 0) is 49.3 Å². The van der Waals surface area contributed by atoms with Crippen LogP contribution in [0.2, 0.25) is 0 Å². The smallest absolute Gasteiger partial charge is 0.252 e. The molecule has 1 aliphatic rings. The molecule has 0 atom stereocenters. The molecule has 138 valence electrons. The molecule has 1 saturated carbocycles. The Kier molecular flexibility index (Phi) is 8.43. The Balaban J connectivity index is 1.82. The summed E-state index contributed by atoms with van der Waals surface area (Å²) in [6, 6.07) is 5.90. The van der Waals surface area contributed by atoms with Crippen molar-refractivity contribution in [2.75, 3.05) is 17.6 Å². The molecule has 26 heavy (non-hydrogen) atoms. The molecule has 0 aliphatic heterocycles. The lowest BCUT2D eigenvalue weighted by Crippen LogP contribution is -2.25. The van der Waals surface area contributed by atoms with Crippen molar-refractivity contribution >= 4 is 17.3 Å². The molecule has 0 saturated heterocycles. The highest BCUT2D eigenvalue weighted by Crippen LogP contribution is 2.25. The van der Waals surface area contributed by atoms with Crippen molar-refractivity contribution in [2.24, 2.45) is 0 Å². The van der Waals surface area contributed by atoms with Crippen LogP contribution >= 0.6 is 0 Å². The van der Waals surface area contributed by atoms with E-state index in [9.17, 15) is 4.79 Å². The van der Waals surface area contributed by atoms with Gasteiger partial charge in [0.05, 0.1) is 17.9 Å². The van der Waals surface area contributed by atoms with Crippen molar-refractivity contribution in [1.29, 1.82) is 0 Å². The second kappa shape index (κ2) is 11.1. The molecule has 4 N–H and O–H groups in total. The first-order valence-corrected chi connectivity index (χ1v) is 9.60. The normalized spacial score (nSPS) is 13.7. The molecule has 2 rings (SSSR count). The van der Waals surface area contributed by atoms with E-state index in [-0.39, 0.29) is 12.5 Å². The highest BCUT2D eigenvalue weighted by molar-refractivity contribution is 5.96. The molecule has 0 bridgehead atoms. The van der Waals surface area contributed by atoms with Crippen molar-refractivity contribution in [3.63, 3.8) is 0 Å². The van der Waals surface area contributed by atoms with E-state index in [4.69, 9.17) is 5.73 Å². The van der Waals surface area contributed by atoms with Crippen molar-refractivity contribution in [1.82, 2.24) is 5.32 Å². The molecule has 0 radical (unpaired) electrons. The summed E-state index contributed by atoms with van der Waals surface area (Å²) < 4.78 is 0. The Morgan fingerprint density at radius 2 is 1.96 bits per heavy atom. The average molecular weight is 351 g/mol. The molecule has 0 aromatic heterocycles. The maximum atomic E-state index is 12.2. The lowest BCUT2D eigenvalue weighted by molar-refractivity contribution is 0.0959. The molecule has 1 aliphatic carbocycles. The number of hydrogen-bond acceptors (Lipinski definition) is 3. The molecule has 4 heteroatoms. The van der Waals surface area contributed by atoms with Crippen molar-refractivity contribution in [2.45, 2.75) is 64.3 Å². The van der Waals surface area contributed by atoms with Gasteiger partial charge in [0, 0.05) is 18.0 Å². The molecular weight excluding hydrogens is 322 g/mol. The van der Waals surface area contributed by atoms with E-state index in [1.165, 1.54) is 32.1 Å². The molecule has 1 amide bonds. The minimum Gasteiger partial charge on any atom is -0.397 e. The van der Waals surface area contributed by atoms with Crippen LogP contribution in [-0.4, -0.2) is 18.5 Å². The first-order valence-electron chi connectivity index (χ1n) is 9.60. The third-order valence-electron chi connectivity index (χ3n) is 4.51. The second-order valence-corrected chi connectivity index (χ2v) is 6.67. The molecule has 1 fully saturated rings. The summed E-state index contributed by atoms with van der Waals surface area (Å²) in [5, 5.41) is 6.27. The van der Waals surface area contributed by atoms with Gasteiger partial charge in [-0.2, -0.15) is 0 Å². The third-order valence-corrected chi connectivity index (χ3v) is 4.51. The van der Waals surface area contributed by atoms with Crippen molar-refractivity contribution in [3.8, 4) is 23.7 Å². The number of nitrogens with one attached hydrogen (secondary N) is 2. The summed E-state index contributed by atoms with van der Waals surface area (Å²) in [4.78, 5) is 12.2. The Morgan fingerprint density at radius 1 is 1.19 bits per heavy atom. The van der Waals surface area contributed by atoms with Crippen LogP contribution in [0.3, 0.4) is 0 Å². The van der Waals surface area contributed by atoms with Crippen LogP contribution in [0, 0.1) is 23.7 Å². The van der Waals surface area contributed by atoms with Crippen LogP contribution in [0.15, 0.2) is 18.2 Å². The fraction of sp³-hybridized carbons (Fsp3) is 0.500. The molecule has 0 heterocycles. The standard InChI is InChI=1S/C22H29N3O/c1-2-3-4-5-6-7-11-16-24-22(26)18-14-15-21(20(23)17-18)25-19-12-9-8-10-13-19/h14-15,17,19,25H,2-4,8-10,12-13,16,23H2,1H3,(H,24,26). The quantitative estimate of drug-likeness (QED) is 0.413. The predicted octanol–water partition coefficient (Wildman–Crippen LogP) is 3.94. The number of anilines is 2. The molecule has 1 aromatic carbocycles. The summed E-state index contributed by atoms with van der Waals surface area (Å²) >= 11 is 0. The van der Waals surface area contributed by atoms with Gasteiger partial charge in [-0.25, -0.2) is 0 Å². The van der Waals surface area contributed by atoms with Crippen LogP contribution < -0.4 is 16.4 Å². The zero-order valence-corrected chi connectivity index (χ0v) is 15.7. The van der Waals surface area contributed by atoms with Crippen molar-refractivity contribution in [3.05, 3.63) is 23.8 Å². The molecular formula is C22H29N3O. The summed E-state index contributed by atoms with van der Waals surface area (Å²) in [6.45, 7) is 2.41. The molecule has 1 aromatic rings. The Labute approximate surface area is 157 Å². The van der Waals surface area contributed by atoms with Crippen molar-refractivity contribution < 1.29 is 4.79 Å². The fourth-order valence-corrected chi connectivity index (χ4v) is 2.99. The molecule has 0 unspecified atom stereocenters. The van der Waals surface area contributed by atoms with Gasteiger partial charge in [-0.3, -0.25) is 4.79 Å². The minimum absolute atomic E-state index is 0.172. The van der Waals surface area contributed by atoms with E-state index < -0.39 is 0 Å². The highest BCUT2D eigenvalue weighted by atomic mass is 16.1. The van der Waals surface area contributed by atoms with Gasteiger partial charge in [0.2, 0.25) is 0 Å². The largest absolute Gasteiger partial charge is 0.397 e. The number of carbonyl (C=O) groups excluding carboxylic acids is 1. The van der Waals surface area contributed by atoms with E-state index in [1.807, 2.05) is 6.07 Å². The summed E-state index contributed by atoms with van der Waals surface area (Å²) in [5.74, 6) is 11.2. The summed E-state index contributed by atoms with van der Waals surface area (Å²) in [6.07, 6.45) is 9.32.